The molecule has 100 valence electrons. The quantitative estimate of drug-likeness (QED) is 0.880. The molecule has 0 aliphatic rings. The number of rotatable bonds is 4. The van der Waals surface area contributed by atoms with Gasteiger partial charge in [0.25, 0.3) is 0 Å². The van der Waals surface area contributed by atoms with Crippen molar-refractivity contribution in [3.05, 3.63) is 52.5 Å². The van der Waals surface area contributed by atoms with Gasteiger partial charge in [-0.15, -0.1) is 0 Å². The highest BCUT2D eigenvalue weighted by Gasteiger charge is 2.17. The lowest BCUT2D eigenvalue weighted by Gasteiger charge is -2.09. The summed E-state index contributed by atoms with van der Waals surface area (Å²) in [6, 6.07) is 8.75. The van der Waals surface area contributed by atoms with Crippen molar-refractivity contribution in [3.8, 4) is 0 Å². The molecule has 5 nitrogen and oxygen atoms in total. The van der Waals surface area contributed by atoms with Gasteiger partial charge in [-0.2, -0.15) is 0 Å². The fourth-order valence-corrected chi connectivity index (χ4v) is 3.14. The lowest BCUT2D eigenvalue weighted by atomic mass is 10.2. The van der Waals surface area contributed by atoms with Crippen molar-refractivity contribution in [2.45, 2.75) is 5.75 Å². The van der Waals surface area contributed by atoms with Crippen LogP contribution < -0.4 is 4.72 Å². The second kappa shape index (κ2) is 5.73. The van der Waals surface area contributed by atoms with Crippen molar-refractivity contribution in [2.75, 3.05) is 4.72 Å². The predicted molar refractivity (Wildman–Crippen MR) is 74.7 cm³/mol. The maximum atomic E-state index is 12.0. The second-order valence-electron chi connectivity index (χ2n) is 3.68. The average molecular weight is 318 g/mol. The maximum Gasteiger partial charge on any atom is 0.237 e. The first-order chi connectivity index (χ1) is 8.98. The fraction of sp³-hybridized carbons (Fsp3) is 0.0909. The summed E-state index contributed by atoms with van der Waals surface area (Å²) in [4.78, 5) is 7.35. The molecular formula is C11H9Cl2N3O2S. The number of nitrogens with zero attached hydrogens (tertiary/aromatic N) is 2. The maximum absolute atomic E-state index is 12.0. The van der Waals surface area contributed by atoms with Crippen molar-refractivity contribution in [2.24, 2.45) is 0 Å². The van der Waals surface area contributed by atoms with Crippen LogP contribution in [0.5, 0.6) is 0 Å². The molecule has 0 spiro atoms. The van der Waals surface area contributed by atoms with Crippen molar-refractivity contribution >= 4 is 38.9 Å². The molecule has 0 saturated carbocycles. The Hall–Kier alpha value is -1.37. The summed E-state index contributed by atoms with van der Waals surface area (Å²) in [5, 5.41) is -0.0896. The van der Waals surface area contributed by atoms with E-state index in [9.17, 15) is 8.42 Å². The molecule has 0 fully saturated rings. The summed E-state index contributed by atoms with van der Waals surface area (Å²) < 4.78 is 26.3. The van der Waals surface area contributed by atoms with Gasteiger partial charge >= 0.3 is 0 Å². The smallest absolute Gasteiger partial charge is 0.237 e. The van der Waals surface area contributed by atoms with Gasteiger partial charge in [0.2, 0.25) is 10.0 Å². The molecule has 0 unspecified atom stereocenters. The first-order valence-corrected chi connectivity index (χ1v) is 7.59. The Balaban J connectivity index is 2.23. The van der Waals surface area contributed by atoms with Gasteiger partial charge in [-0.1, -0.05) is 53.5 Å². The Morgan fingerprint density at radius 1 is 1.05 bits per heavy atom. The molecule has 0 radical (unpaired) electrons. The zero-order valence-corrected chi connectivity index (χ0v) is 11.9. The normalized spacial score (nSPS) is 11.3. The minimum atomic E-state index is -3.63. The van der Waals surface area contributed by atoms with Gasteiger partial charge in [0.15, 0.2) is 10.3 Å². The predicted octanol–water partition coefficient (Wildman–Crippen LogP) is 2.73. The van der Waals surface area contributed by atoms with Gasteiger partial charge in [-0.05, 0) is 5.56 Å². The van der Waals surface area contributed by atoms with Gasteiger partial charge < -0.3 is 0 Å². The van der Waals surface area contributed by atoms with Gasteiger partial charge in [-0.3, -0.25) is 4.72 Å². The van der Waals surface area contributed by atoms with E-state index in [0.29, 0.717) is 5.56 Å². The van der Waals surface area contributed by atoms with Crippen molar-refractivity contribution in [3.63, 3.8) is 0 Å². The molecule has 0 atom stereocenters. The molecule has 19 heavy (non-hydrogen) atoms. The Bertz CT molecular complexity index is 657. The molecule has 1 N–H and O–H groups in total. The van der Waals surface area contributed by atoms with E-state index in [0.717, 1.165) is 6.33 Å². The van der Waals surface area contributed by atoms with Crippen molar-refractivity contribution < 1.29 is 8.42 Å². The van der Waals surface area contributed by atoms with Crippen LogP contribution >= 0.6 is 23.2 Å². The van der Waals surface area contributed by atoms with Crippen LogP contribution in [0.4, 0.5) is 5.69 Å². The number of benzene rings is 1. The largest absolute Gasteiger partial charge is 0.277 e. The second-order valence-corrected chi connectivity index (χ2v) is 6.12. The van der Waals surface area contributed by atoms with Gasteiger partial charge in [0.1, 0.15) is 12.0 Å². The molecule has 0 aliphatic heterocycles. The molecule has 1 heterocycles. The Morgan fingerprint density at radius 2 is 1.63 bits per heavy atom. The Kier molecular flexibility index (Phi) is 4.24. The molecule has 8 heteroatoms. The molecule has 0 amide bonds. The minimum absolute atomic E-state index is 0.0123. The lowest BCUT2D eigenvalue weighted by molar-refractivity contribution is 0.600. The number of anilines is 1. The van der Waals surface area contributed by atoms with E-state index in [4.69, 9.17) is 23.2 Å². The van der Waals surface area contributed by atoms with E-state index < -0.39 is 10.0 Å². The van der Waals surface area contributed by atoms with E-state index >= 15 is 0 Å². The van der Waals surface area contributed by atoms with E-state index in [2.05, 4.69) is 14.7 Å². The molecule has 0 saturated heterocycles. The highest BCUT2D eigenvalue weighted by molar-refractivity contribution is 7.91. The molecule has 2 aromatic rings. The van der Waals surface area contributed by atoms with E-state index in [-0.39, 0.29) is 21.7 Å². The number of hydrogen-bond acceptors (Lipinski definition) is 4. The SMILES string of the molecule is O=S(=O)(Cc1ccccc1)Nc1c(Cl)ncnc1Cl. The van der Waals surface area contributed by atoms with E-state index in [1.54, 1.807) is 24.3 Å². The summed E-state index contributed by atoms with van der Waals surface area (Å²) in [7, 11) is -3.63. The number of aromatic nitrogens is 2. The average Bonchev–Trinajstić information content (AvgIpc) is 2.35. The minimum Gasteiger partial charge on any atom is -0.277 e. The van der Waals surface area contributed by atoms with Gasteiger partial charge in [0.05, 0.1) is 5.75 Å². The Morgan fingerprint density at radius 3 is 2.21 bits per heavy atom. The van der Waals surface area contributed by atoms with Crippen molar-refractivity contribution in [1.29, 1.82) is 0 Å². The number of halogens is 2. The highest BCUT2D eigenvalue weighted by atomic mass is 35.5. The van der Waals surface area contributed by atoms with Crippen LogP contribution in [0.1, 0.15) is 5.56 Å². The van der Waals surface area contributed by atoms with E-state index in [1.165, 1.54) is 0 Å². The first-order valence-electron chi connectivity index (χ1n) is 5.18. The molecule has 1 aromatic heterocycles. The van der Waals surface area contributed by atoms with Crippen LogP contribution in [-0.4, -0.2) is 18.4 Å². The van der Waals surface area contributed by atoms with Gasteiger partial charge in [0, 0.05) is 0 Å². The molecule has 0 bridgehead atoms. The number of nitrogens with one attached hydrogen (secondary N) is 1. The zero-order chi connectivity index (χ0) is 13.9. The third kappa shape index (κ3) is 3.79. The lowest BCUT2D eigenvalue weighted by Crippen LogP contribution is -2.16. The highest BCUT2D eigenvalue weighted by Crippen LogP contribution is 2.27. The van der Waals surface area contributed by atoms with Crippen LogP contribution in [0, 0.1) is 0 Å². The van der Waals surface area contributed by atoms with Crippen LogP contribution in [0.25, 0.3) is 0 Å². The topological polar surface area (TPSA) is 72.0 Å². The summed E-state index contributed by atoms with van der Waals surface area (Å²) in [6.45, 7) is 0. The van der Waals surface area contributed by atoms with Crippen LogP contribution in [-0.2, 0) is 15.8 Å². The fourth-order valence-electron chi connectivity index (χ4n) is 1.41. The standard InChI is InChI=1S/C11H9Cl2N3O2S/c12-10-9(11(13)15-7-14-10)16-19(17,18)6-8-4-2-1-3-5-8/h1-5,7,16H,6H2. The monoisotopic (exact) mass is 317 g/mol. The summed E-state index contributed by atoms with van der Waals surface area (Å²) in [5.74, 6) is -0.185. The van der Waals surface area contributed by atoms with E-state index in [1.807, 2.05) is 6.07 Å². The van der Waals surface area contributed by atoms with Gasteiger partial charge in [-0.25, -0.2) is 18.4 Å². The third-order valence-corrected chi connectivity index (χ3v) is 4.01. The summed E-state index contributed by atoms with van der Waals surface area (Å²) in [5.41, 5.74) is 0.640. The van der Waals surface area contributed by atoms with Crippen LogP contribution in [0.2, 0.25) is 10.3 Å². The first kappa shape index (κ1) is 14.0. The summed E-state index contributed by atoms with van der Waals surface area (Å²) >= 11 is 11.6. The Labute approximate surface area is 120 Å². The van der Waals surface area contributed by atoms with Crippen molar-refractivity contribution in [1.82, 2.24) is 9.97 Å². The molecule has 1 aromatic carbocycles. The number of hydrogen-bond donors (Lipinski definition) is 1. The molecular weight excluding hydrogens is 309 g/mol. The van der Waals surface area contributed by atoms with Crippen LogP contribution in [0.3, 0.4) is 0 Å². The van der Waals surface area contributed by atoms with Crippen LogP contribution in [0.15, 0.2) is 36.7 Å². The zero-order valence-electron chi connectivity index (χ0n) is 9.55. The molecule has 0 aliphatic carbocycles. The summed E-state index contributed by atoms with van der Waals surface area (Å²) in [6.07, 6.45) is 1.15. The number of sulfonamides is 1. The third-order valence-electron chi connectivity index (χ3n) is 2.21. The molecule has 2 rings (SSSR count).